The van der Waals surface area contributed by atoms with E-state index in [0.717, 1.165) is 17.0 Å². The van der Waals surface area contributed by atoms with Crippen molar-refractivity contribution >= 4 is 26.5 Å². The molecule has 0 spiro atoms. The molecule has 5 rings (SSSR count). The summed E-state index contributed by atoms with van der Waals surface area (Å²) in [4.78, 5) is 0. The van der Waals surface area contributed by atoms with Crippen molar-refractivity contribution in [3.63, 3.8) is 0 Å². The van der Waals surface area contributed by atoms with Crippen LogP contribution in [0.1, 0.15) is 71.1 Å². The van der Waals surface area contributed by atoms with E-state index in [0.29, 0.717) is 5.92 Å². The van der Waals surface area contributed by atoms with E-state index in [1.54, 1.807) is 5.31 Å². The standard InChI is InChI=1S/C31H40P2/c1-25(32(26-15-6-2-7-16-26)27-17-8-3-9-18-27)30-23-14-24-31(30)33(28-19-10-4-11-20-28)29-21-12-5-13-22-29/h4-5,10-14,19-27,30H,2-3,6-9,15-18H2,1H3/t25-,30?/m0/s1. The molecule has 0 amide bonds. The van der Waals surface area contributed by atoms with Crippen LogP contribution in [-0.4, -0.2) is 17.0 Å². The first kappa shape index (κ1) is 23.5. The van der Waals surface area contributed by atoms with Gasteiger partial charge in [0.05, 0.1) is 0 Å². The lowest BCUT2D eigenvalue weighted by Crippen LogP contribution is -2.30. The summed E-state index contributed by atoms with van der Waals surface area (Å²) in [7, 11) is -0.415. The van der Waals surface area contributed by atoms with Crippen LogP contribution in [0.25, 0.3) is 0 Å². The molecule has 2 saturated carbocycles. The molecule has 0 nitrogen and oxygen atoms in total. The van der Waals surface area contributed by atoms with Gasteiger partial charge in [0.1, 0.15) is 0 Å². The second-order valence-electron chi connectivity index (χ2n) is 10.3. The molecule has 0 bridgehead atoms. The smallest absolute Gasteiger partial charge is 0.00969 e. The van der Waals surface area contributed by atoms with E-state index in [1.807, 2.05) is 0 Å². The van der Waals surface area contributed by atoms with Crippen LogP contribution in [0.15, 0.2) is 84.2 Å². The molecule has 0 aliphatic heterocycles. The van der Waals surface area contributed by atoms with Crippen molar-refractivity contribution in [3.05, 3.63) is 84.2 Å². The Labute approximate surface area is 204 Å². The summed E-state index contributed by atoms with van der Waals surface area (Å²) in [6.45, 7) is 2.66. The van der Waals surface area contributed by atoms with E-state index in [2.05, 4.69) is 85.8 Å². The van der Waals surface area contributed by atoms with Gasteiger partial charge in [-0.1, -0.05) is 132 Å². The summed E-state index contributed by atoms with van der Waals surface area (Å²) in [6, 6.07) is 22.7. The monoisotopic (exact) mass is 474 g/mol. The van der Waals surface area contributed by atoms with Crippen LogP contribution in [0.5, 0.6) is 0 Å². The molecule has 0 N–H and O–H groups in total. The highest BCUT2D eigenvalue weighted by Crippen LogP contribution is 2.63. The summed E-state index contributed by atoms with van der Waals surface area (Å²) >= 11 is 0. The topological polar surface area (TPSA) is 0 Å². The molecule has 0 radical (unpaired) electrons. The summed E-state index contributed by atoms with van der Waals surface area (Å²) in [6.07, 6.45) is 22.4. The highest BCUT2D eigenvalue weighted by molar-refractivity contribution is 7.76. The molecule has 3 aliphatic carbocycles. The number of allylic oxidation sites excluding steroid dienone is 4. The van der Waals surface area contributed by atoms with Crippen LogP contribution in [-0.2, 0) is 0 Å². The molecule has 0 saturated heterocycles. The van der Waals surface area contributed by atoms with E-state index >= 15 is 0 Å². The lowest BCUT2D eigenvalue weighted by atomic mass is 9.99. The van der Waals surface area contributed by atoms with Crippen molar-refractivity contribution < 1.29 is 0 Å². The molecule has 2 aromatic rings. The summed E-state index contributed by atoms with van der Waals surface area (Å²) in [5, 5.41) is 4.71. The average molecular weight is 475 g/mol. The van der Waals surface area contributed by atoms with Crippen LogP contribution in [0.4, 0.5) is 0 Å². The van der Waals surface area contributed by atoms with E-state index < -0.39 is 7.92 Å². The van der Waals surface area contributed by atoms with Gasteiger partial charge in [-0.15, -0.1) is 0 Å². The SMILES string of the molecule is C[C@@H](C1C=CC=C1P(c1ccccc1)c1ccccc1)P(C1CCCCC1)C1CCCCC1. The minimum absolute atomic E-state index is 0.0599. The molecule has 174 valence electrons. The van der Waals surface area contributed by atoms with E-state index in [-0.39, 0.29) is 7.92 Å². The fraction of sp³-hybridized carbons (Fsp3) is 0.484. The minimum Gasteiger partial charge on any atom is -0.0965 e. The lowest BCUT2D eigenvalue weighted by molar-refractivity contribution is 0.479. The van der Waals surface area contributed by atoms with Gasteiger partial charge in [0.15, 0.2) is 0 Å². The molecule has 2 aromatic carbocycles. The fourth-order valence-corrected chi connectivity index (χ4v) is 13.9. The highest BCUT2D eigenvalue weighted by atomic mass is 31.1. The third-order valence-corrected chi connectivity index (χ3v) is 14.8. The Morgan fingerprint density at radius 3 is 1.64 bits per heavy atom. The van der Waals surface area contributed by atoms with Crippen LogP contribution < -0.4 is 10.6 Å². The van der Waals surface area contributed by atoms with E-state index in [4.69, 9.17) is 0 Å². The van der Waals surface area contributed by atoms with E-state index in [1.165, 1.54) is 74.8 Å². The Morgan fingerprint density at radius 2 is 1.15 bits per heavy atom. The Morgan fingerprint density at radius 1 is 0.667 bits per heavy atom. The normalized spacial score (nSPS) is 23.2. The Bertz CT molecular complexity index is 862. The van der Waals surface area contributed by atoms with Gasteiger partial charge in [-0.05, 0) is 66.5 Å². The van der Waals surface area contributed by atoms with Crippen LogP contribution in [0.3, 0.4) is 0 Å². The fourth-order valence-electron chi connectivity index (χ4n) is 6.62. The van der Waals surface area contributed by atoms with E-state index in [9.17, 15) is 0 Å². The third-order valence-electron chi connectivity index (χ3n) is 8.20. The zero-order chi connectivity index (χ0) is 22.5. The summed E-state index contributed by atoms with van der Waals surface area (Å²) in [5.74, 6) is 0.617. The molecule has 2 atom stereocenters. The number of hydrogen-bond acceptors (Lipinski definition) is 0. The molecule has 0 aromatic heterocycles. The predicted octanol–water partition coefficient (Wildman–Crippen LogP) is 8.73. The number of rotatable bonds is 7. The van der Waals surface area contributed by atoms with Gasteiger partial charge in [-0.2, -0.15) is 0 Å². The first-order valence-corrected chi connectivity index (χ1v) is 16.3. The first-order chi connectivity index (χ1) is 16.3. The molecule has 33 heavy (non-hydrogen) atoms. The number of benzene rings is 2. The van der Waals surface area contributed by atoms with Gasteiger partial charge >= 0.3 is 0 Å². The molecular weight excluding hydrogens is 434 g/mol. The largest absolute Gasteiger partial charge is 0.0965 e. The Hall–Kier alpha value is -1.22. The molecule has 0 heterocycles. The Balaban J connectivity index is 1.47. The van der Waals surface area contributed by atoms with Crippen molar-refractivity contribution in [2.24, 2.45) is 5.92 Å². The van der Waals surface area contributed by atoms with Crippen molar-refractivity contribution in [3.8, 4) is 0 Å². The maximum Gasteiger partial charge on any atom is 0.00969 e. The predicted molar refractivity (Wildman–Crippen MR) is 150 cm³/mol. The number of hydrogen-bond donors (Lipinski definition) is 0. The second kappa shape index (κ2) is 11.5. The summed E-state index contributed by atoms with van der Waals surface area (Å²) < 4.78 is 0. The second-order valence-corrected chi connectivity index (χ2v) is 15.7. The third kappa shape index (κ3) is 5.39. The maximum absolute atomic E-state index is 2.66. The van der Waals surface area contributed by atoms with Crippen molar-refractivity contribution in [1.29, 1.82) is 0 Å². The van der Waals surface area contributed by atoms with Crippen LogP contribution >= 0.6 is 15.8 Å². The van der Waals surface area contributed by atoms with Crippen LogP contribution in [0.2, 0.25) is 0 Å². The Kier molecular flexibility index (Phi) is 8.18. The lowest BCUT2D eigenvalue weighted by Gasteiger charge is -2.44. The molecule has 1 unspecified atom stereocenters. The molecule has 2 heteroatoms. The van der Waals surface area contributed by atoms with Crippen molar-refractivity contribution in [2.45, 2.75) is 88.1 Å². The van der Waals surface area contributed by atoms with Gasteiger partial charge in [0.2, 0.25) is 0 Å². The molecule has 3 aliphatic rings. The first-order valence-electron chi connectivity index (χ1n) is 13.4. The average Bonchev–Trinajstić information content (AvgIpc) is 3.36. The van der Waals surface area contributed by atoms with Gasteiger partial charge in [0, 0.05) is 5.92 Å². The minimum atomic E-state index is -0.474. The van der Waals surface area contributed by atoms with Gasteiger partial charge in [0.25, 0.3) is 0 Å². The molecule has 2 fully saturated rings. The van der Waals surface area contributed by atoms with Gasteiger partial charge < -0.3 is 0 Å². The highest BCUT2D eigenvalue weighted by Gasteiger charge is 2.40. The van der Waals surface area contributed by atoms with Crippen LogP contribution in [0, 0.1) is 5.92 Å². The van der Waals surface area contributed by atoms with Gasteiger partial charge in [-0.25, -0.2) is 0 Å². The summed E-state index contributed by atoms with van der Waals surface area (Å²) in [5.41, 5.74) is 2.83. The zero-order valence-corrected chi connectivity index (χ0v) is 22.1. The maximum atomic E-state index is 2.66. The van der Waals surface area contributed by atoms with Gasteiger partial charge in [-0.3, -0.25) is 0 Å². The van der Waals surface area contributed by atoms with Crippen molar-refractivity contribution in [2.75, 3.05) is 0 Å². The zero-order valence-electron chi connectivity index (χ0n) is 20.3. The van der Waals surface area contributed by atoms with Crippen molar-refractivity contribution in [1.82, 2.24) is 0 Å². The molecular formula is C31H40P2. The quantitative estimate of drug-likeness (QED) is 0.352.